The first-order chi connectivity index (χ1) is 9.03. The van der Waals surface area contributed by atoms with Crippen molar-refractivity contribution in [1.29, 1.82) is 0 Å². The molecule has 0 radical (unpaired) electrons. The fourth-order valence-corrected chi connectivity index (χ4v) is 1.91. The van der Waals surface area contributed by atoms with Crippen LogP contribution in [0.15, 0.2) is 0 Å². The van der Waals surface area contributed by atoms with E-state index < -0.39 is 0 Å². The third kappa shape index (κ3) is 4.09. The summed E-state index contributed by atoms with van der Waals surface area (Å²) in [5, 5.41) is 8.49. The molecule has 1 rings (SSSR count). The van der Waals surface area contributed by atoms with E-state index in [0.717, 1.165) is 37.3 Å². The maximum absolute atomic E-state index is 5.67. The van der Waals surface area contributed by atoms with Gasteiger partial charge in [-0.3, -0.25) is 0 Å². The second-order valence-corrected chi connectivity index (χ2v) is 5.03. The van der Waals surface area contributed by atoms with Crippen LogP contribution in [0.25, 0.3) is 0 Å². The minimum atomic E-state index is 0.134. The molecule has 1 unspecified atom stereocenters. The molecule has 0 aromatic carbocycles. The van der Waals surface area contributed by atoms with E-state index in [1.807, 2.05) is 6.92 Å². The van der Waals surface area contributed by atoms with Crippen molar-refractivity contribution in [1.82, 2.24) is 15.2 Å². The molecular weight excluding hydrogens is 258 g/mol. The van der Waals surface area contributed by atoms with Crippen LogP contribution in [0, 0.1) is 5.92 Å². The normalized spacial score (nSPS) is 12.2. The average Bonchev–Trinajstić information content (AvgIpc) is 2.43. The molecule has 2 N–H and O–H groups in total. The maximum Gasteiger partial charge on any atom is 0.245 e. The van der Waals surface area contributed by atoms with Gasteiger partial charge in [0.1, 0.15) is 0 Å². The highest BCUT2D eigenvalue weighted by Gasteiger charge is 2.15. The van der Waals surface area contributed by atoms with Crippen molar-refractivity contribution in [3.63, 3.8) is 0 Å². The highest BCUT2D eigenvalue weighted by Crippen LogP contribution is 2.12. The molecule has 1 heterocycles. The highest BCUT2D eigenvalue weighted by molar-refractivity contribution is 7.80. The summed E-state index contributed by atoms with van der Waals surface area (Å²) < 4.78 is 0. The smallest absolute Gasteiger partial charge is 0.245 e. The molecular formula is C13H23N5S. The Morgan fingerprint density at radius 2 is 1.84 bits per heavy atom. The summed E-state index contributed by atoms with van der Waals surface area (Å²) in [6.45, 7) is 9.76. The third-order valence-electron chi connectivity index (χ3n) is 3.14. The number of hydrogen-bond donors (Lipinski definition) is 1. The van der Waals surface area contributed by atoms with Crippen molar-refractivity contribution in [2.24, 2.45) is 11.7 Å². The first kappa shape index (κ1) is 15.8. The zero-order valence-corrected chi connectivity index (χ0v) is 13.0. The number of aryl methyl sites for hydroxylation is 2. The number of anilines is 1. The lowest BCUT2D eigenvalue weighted by molar-refractivity contribution is 0.673. The zero-order chi connectivity index (χ0) is 14.4. The average molecular weight is 281 g/mol. The van der Waals surface area contributed by atoms with Crippen LogP contribution in [-0.4, -0.2) is 33.3 Å². The van der Waals surface area contributed by atoms with E-state index in [-0.39, 0.29) is 5.92 Å². The number of aromatic nitrogens is 3. The molecule has 5 nitrogen and oxygen atoms in total. The van der Waals surface area contributed by atoms with E-state index in [9.17, 15) is 0 Å². The Morgan fingerprint density at radius 1 is 1.21 bits per heavy atom. The zero-order valence-electron chi connectivity index (χ0n) is 12.2. The van der Waals surface area contributed by atoms with Crippen LogP contribution >= 0.6 is 12.2 Å². The van der Waals surface area contributed by atoms with Gasteiger partial charge in [0.05, 0.1) is 16.4 Å². The molecule has 0 spiro atoms. The van der Waals surface area contributed by atoms with Crippen molar-refractivity contribution in [2.45, 2.75) is 40.5 Å². The molecule has 6 heteroatoms. The van der Waals surface area contributed by atoms with Crippen molar-refractivity contribution in [2.75, 3.05) is 18.0 Å². The first-order valence-corrected chi connectivity index (χ1v) is 7.20. The predicted octanol–water partition coefficient (Wildman–Crippen LogP) is 1.74. The summed E-state index contributed by atoms with van der Waals surface area (Å²) >= 11 is 5.02. The Balaban J connectivity index is 2.95. The van der Waals surface area contributed by atoms with E-state index in [2.05, 4.69) is 40.9 Å². The van der Waals surface area contributed by atoms with Crippen LogP contribution in [0.1, 0.15) is 39.1 Å². The van der Waals surface area contributed by atoms with Gasteiger partial charge in [0.2, 0.25) is 5.95 Å². The largest absolute Gasteiger partial charge is 0.393 e. The van der Waals surface area contributed by atoms with Gasteiger partial charge >= 0.3 is 0 Å². The Morgan fingerprint density at radius 3 is 2.32 bits per heavy atom. The molecule has 1 atom stereocenters. The minimum absolute atomic E-state index is 0.134. The molecule has 1 aromatic rings. The number of hydrogen-bond acceptors (Lipinski definition) is 5. The van der Waals surface area contributed by atoms with Crippen molar-refractivity contribution in [3.8, 4) is 0 Å². The summed E-state index contributed by atoms with van der Waals surface area (Å²) in [6.07, 6.45) is 1.73. The fourth-order valence-electron chi connectivity index (χ4n) is 1.83. The van der Waals surface area contributed by atoms with Gasteiger partial charge in [-0.1, -0.05) is 33.0 Å². The molecule has 0 fully saturated rings. The summed E-state index contributed by atoms with van der Waals surface area (Å²) in [7, 11) is 0. The lowest BCUT2D eigenvalue weighted by atomic mass is 10.1. The highest BCUT2D eigenvalue weighted by atomic mass is 32.1. The topological polar surface area (TPSA) is 67.9 Å². The predicted molar refractivity (Wildman–Crippen MR) is 82.4 cm³/mol. The summed E-state index contributed by atoms with van der Waals surface area (Å²) in [4.78, 5) is 7.20. The molecule has 106 valence electrons. The molecule has 0 aliphatic rings. The first-order valence-electron chi connectivity index (χ1n) is 6.80. The van der Waals surface area contributed by atoms with Gasteiger partial charge in [0.15, 0.2) is 0 Å². The van der Waals surface area contributed by atoms with Gasteiger partial charge in [0, 0.05) is 19.0 Å². The standard InChI is InChI=1S/C13H23N5S/c1-5-10-11(6-2)16-17-13(15-10)18(7-3)8-9(4)12(14)19/h9H,5-8H2,1-4H3,(H2,14,19). The maximum atomic E-state index is 5.67. The van der Waals surface area contributed by atoms with Crippen LogP contribution in [-0.2, 0) is 12.8 Å². The summed E-state index contributed by atoms with van der Waals surface area (Å²) in [5.74, 6) is 0.800. The molecule has 1 aromatic heterocycles. The molecule has 0 bridgehead atoms. The third-order valence-corrected chi connectivity index (χ3v) is 3.54. The minimum Gasteiger partial charge on any atom is -0.393 e. The van der Waals surface area contributed by atoms with E-state index in [4.69, 9.17) is 18.0 Å². The van der Waals surface area contributed by atoms with Gasteiger partial charge < -0.3 is 10.6 Å². The molecule has 0 aliphatic heterocycles. The van der Waals surface area contributed by atoms with E-state index in [0.29, 0.717) is 10.9 Å². The van der Waals surface area contributed by atoms with Gasteiger partial charge in [-0.15, -0.1) is 5.10 Å². The lowest BCUT2D eigenvalue weighted by Crippen LogP contribution is -2.35. The lowest BCUT2D eigenvalue weighted by Gasteiger charge is -2.24. The Hall–Kier alpha value is -1.30. The van der Waals surface area contributed by atoms with Crippen LogP contribution in [0.2, 0.25) is 0 Å². The Labute approximate surface area is 120 Å². The second-order valence-electron chi connectivity index (χ2n) is 4.55. The van der Waals surface area contributed by atoms with Gasteiger partial charge in [-0.2, -0.15) is 5.10 Å². The second kappa shape index (κ2) is 7.33. The van der Waals surface area contributed by atoms with Crippen molar-refractivity contribution >= 4 is 23.2 Å². The van der Waals surface area contributed by atoms with Crippen LogP contribution in [0.4, 0.5) is 5.95 Å². The van der Waals surface area contributed by atoms with Crippen molar-refractivity contribution < 1.29 is 0 Å². The molecule has 0 saturated carbocycles. The van der Waals surface area contributed by atoms with E-state index >= 15 is 0 Å². The van der Waals surface area contributed by atoms with Gasteiger partial charge in [0.25, 0.3) is 0 Å². The number of nitrogens with two attached hydrogens (primary N) is 1. The van der Waals surface area contributed by atoms with Gasteiger partial charge in [-0.05, 0) is 19.8 Å². The quantitative estimate of drug-likeness (QED) is 0.768. The summed E-state index contributed by atoms with van der Waals surface area (Å²) in [5.41, 5.74) is 7.67. The van der Waals surface area contributed by atoms with Crippen LogP contribution in [0.5, 0.6) is 0 Å². The Bertz CT molecular complexity index is 435. The SMILES string of the molecule is CCc1nnc(N(CC)CC(C)C(N)=S)nc1CC. The molecule has 0 aliphatic carbocycles. The number of nitrogens with zero attached hydrogens (tertiary/aromatic N) is 4. The number of rotatable bonds is 7. The fraction of sp³-hybridized carbons (Fsp3) is 0.692. The molecule has 19 heavy (non-hydrogen) atoms. The van der Waals surface area contributed by atoms with Crippen LogP contribution < -0.4 is 10.6 Å². The summed E-state index contributed by atoms with van der Waals surface area (Å²) in [6, 6.07) is 0. The van der Waals surface area contributed by atoms with Gasteiger partial charge in [-0.25, -0.2) is 4.98 Å². The van der Waals surface area contributed by atoms with Crippen molar-refractivity contribution in [3.05, 3.63) is 11.4 Å². The van der Waals surface area contributed by atoms with E-state index in [1.165, 1.54) is 0 Å². The van der Waals surface area contributed by atoms with E-state index in [1.54, 1.807) is 0 Å². The molecule has 0 amide bonds. The molecule has 0 saturated heterocycles. The van der Waals surface area contributed by atoms with Crippen LogP contribution in [0.3, 0.4) is 0 Å². The Kier molecular flexibility index (Phi) is 6.08. The monoisotopic (exact) mass is 281 g/mol. The number of thiocarbonyl (C=S) groups is 1.